The van der Waals surface area contributed by atoms with Gasteiger partial charge in [0, 0.05) is 13.1 Å². The van der Waals surface area contributed by atoms with E-state index < -0.39 is 0 Å². The Morgan fingerprint density at radius 1 is 1.41 bits per heavy atom. The molecule has 0 unspecified atom stereocenters. The second-order valence-electron chi connectivity index (χ2n) is 3.98. The first-order valence-corrected chi connectivity index (χ1v) is 5.96. The first-order chi connectivity index (χ1) is 8.10. The molecule has 0 radical (unpaired) electrons. The molecule has 4 heteroatoms. The third-order valence-electron chi connectivity index (χ3n) is 2.68. The molecule has 0 heterocycles. The van der Waals surface area contributed by atoms with Gasteiger partial charge in [0.25, 0.3) is 0 Å². The summed E-state index contributed by atoms with van der Waals surface area (Å²) in [7, 11) is 0. The van der Waals surface area contributed by atoms with Crippen LogP contribution in [-0.4, -0.2) is 25.5 Å². The van der Waals surface area contributed by atoms with Crippen molar-refractivity contribution in [2.75, 3.05) is 30.3 Å². The standard InChI is InChI=1S/C13H21N3O/c1-4-15-12(17)9-16(5-2)13-10(3)7-6-8-11(13)14/h6-8H,4-5,9,14H2,1-3H3,(H,15,17). The van der Waals surface area contributed by atoms with Crippen molar-refractivity contribution >= 4 is 17.3 Å². The molecule has 3 N–H and O–H groups in total. The van der Waals surface area contributed by atoms with Gasteiger partial charge in [-0.05, 0) is 32.4 Å². The summed E-state index contributed by atoms with van der Waals surface area (Å²) >= 11 is 0. The quantitative estimate of drug-likeness (QED) is 0.761. The van der Waals surface area contributed by atoms with Crippen molar-refractivity contribution in [1.29, 1.82) is 0 Å². The highest BCUT2D eigenvalue weighted by atomic mass is 16.2. The molecule has 1 aromatic carbocycles. The SMILES string of the molecule is CCNC(=O)CN(CC)c1c(C)cccc1N. The van der Waals surface area contributed by atoms with E-state index >= 15 is 0 Å². The second-order valence-corrected chi connectivity index (χ2v) is 3.98. The van der Waals surface area contributed by atoms with Crippen LogP contribution in [0.25, 0.3) is 0 Å². The molecule has 17 heavy (non-hydrogen) atoms. The Labute approximate surface area is 103 Å². The molecule has 4 nitrogen and oxygen atoms in total. The maximum Gasteiger partial charge on any atom is 0.239 e. The van der Waals surface area contributed by atoms with Gasteiger partial charge in [0.15, 0.2) is 0 Å². The lowest BCUT2D eigenvalue weighted by atomic mass is 10.1. The number of likely N-dealkylation sites (N-methyl/N-ethyl adjacent to an activating group) is 2. The molecule has 0 aliphatic heterocycles. The third-order valence-corrected chi connectivity index (χ3v) is 2.68. The van der Waals surface area contributed by atoms with Gasteiger partial charge in [0.1, 0.15) is 0 Å². The Kier molecular flexibility index (Phi) is 4.82. The predicted molar refractivity (Wildman–Crippen MR) is 72.2 cm³/mol. The molecule has 0 saturated carbocycles. The average molecular weight is 235 g/mol. The zero-order valence-electron chi connectivity index (χ0n) is 10.8. The molecule has 0 atom stereocenters. The second kappa shape index (κ2) is 6.13. The average Bonchev–Trinajstić information content (AvgIpc) is 2.27. The summed E-state index contributed by atoms with van der Waals surface area (Å²) in [5, 5.41) is 2.80. The summed E-state index contributed by atoms with van der Waals surface area (Å²) in [6.45, 7) is 7.69. The number of aryl methyl sites for hydroxylation is 1. The van der Waals surface area contributed by atoms with E-state index in [1.54, 1.807) is 0 Å². The van der Waals surface area contributed by atoms with Crippen LogP contribution in [0.2, 0.25) is 0 Å². The van der Waals surface area contributed by atoms with Gasteiger partial charge in [-0.2, -0.15) is 0 Å². The number of hydrogen-bond donors (Lipinski definition) is 2. The van der Waals surface area contributed by atoms with Crippen LogP contribution < -0.4 is 16.0 Å². The maximum atomic E-state index is 11.6. The van der Waals surface area contributed by atoms with E-state index in [-0.39, 0.29) is 5.91 Å². The van der Waals surface area contributed by atoms with Crippen molar-refractivity contribution in [2.24, 2.45) is 0 Å². The number of anilines is 2. The Bertz CT molecular complexity index is 370. The summed E-state index contributed by atoms with van der Waals surface area (Å²) in [4.78, 5) is 13.6. The molecule has 1 amide bonds. The van der Waals surface area contributed by atoms with Gasteiger partial charge in [0.2, 0.25) is 5.91 Å². The van der Waals surface area contributed by atoms with Crippen molar-refractivity contribution in [3.8, 4) is 0 Å². The molecular formula is C13H21N3O. The summed E-state index contributed by atoms with van der Waals surface area (Å²) < 4.78 is 0. The number of carbonyl (C=O) groups excluding carboxylic acids is 1. The summed E-state index contributed by atoms with van der Waals surface area (Å²) in [5.41, 5.74) is 8.75. The van der Waals surface area contributed by atoms with E-state index in [0.717, 1.165) is 23.5 Å². The third kappa shape index (κ3) is 3.37. The van der Waals surface area contributed by atoms with E-state index in [1.807, 2.05) is 43.9 Å². The van der Waals surface area contributed by atoms with Gasteiger partial charge in [-0.25, -0.2) is 0 Å². The molecular weight excluding hydrogens is 214 g/mol. The zero-order valence-corrected chi connectivity index (χ0v) is 10.8. The van der Waals surface area contributed by atoms with Gasteiger partial charge in [-0.15, -0.1) is 0 Å². The normalized spacial score (nSPS) is 10.1. The first-order valence-electron chi connectivity index (χ1n) is 5.96. The minimum atomic E-state index is 0.0250. The van der Waals surface area contributed by atoms with Crippen LogP contribution in [0.4, 0.5) is 11.4 Å². The Hall–Kier alpha value is -1.71. The first kappa shape index (κ1) is 13.4. The molecule has 0 bridgehead atoms. The van der Waals surface area contributed by atoms with Crippen molar-refractivity contribution in [1.82, 2.24) is 5.32 Å². The van der Waals surface area contributed by atoms with Gasteiger partial charge >= 0.3 is 0 Å². The van der Waals surface area contributed by atoms with E-state index in [4.69, 9.17) is 5.73 Å². The fourth-order valence-electron chi connectivity index (χ4n) is 1.89. The van der Waals surface area contributed by atoms with Crippen LogP contribution in [0.5, 0.6) is 0 Å². The number of benzene rings is 1. The largest absolute Gasteiger partial charge is 0.397 e. The lowest BCUT2D eigenvalue weighted by Crippen LogP contribution is -2.37. The molecule has 0 saturated heterocycles. The highest BCUT2D eigenvalue weighted by Crippen LogP contribution is 2.26. The van der Waals surface area contributed by atoms with E-state index in [0.29, 0.717) is 13.1 Å². The summed E-state index contributed by atoms with van der Waals surface area (Å²) in [6, 6.07) is 5.79. The summed E-state index contributed by atoms with van der Waals surface area (Å²) in [5.74, 6) is 0.0250. The molecule has 0 fully saturated rings. The number of nitrogens with zero attached hydrogens (tertiary/aromatic N) is 1. The van der Waals surface area contributed by atoms with Crippen LogP contribution in [0.3, 0.4) is 0 Å². The fourth-order valence-corrected chi connectivity index (χ4v) is 1.89. The monoisotopic (exact) mass is 235 g/mol. The number of nitrogens with one attached hydrogen (secondary N) is 1. The lowest BCUT2D eigenvalue weighted by Gasteiger charge is -2.25. The molecule has 94 valence electrons. The highest BCUT2D eigenvalue weighted by molar-refractivity contribution is 5.83. The lowest BCUT2D eigenvalue weighted by molar-refractivity contribution is -0.119. The number of rotatable bonds is 5. The molecule has 1 rings (SSSR count). The minimum absolute atomic E-state index is 0.0250. The number of carbonyl (C=O) groups is 1. The van der Waals surface area contributed by atoms with Crippen molar-refractivity contribution in [3.63, 3.8) is 0 Å². The van der Waals surface area contributed by atoms with Crippen molar-refractivity contribution in [3.05, 3.63) is 23.8 Å². The number of nitrogen functional groups attached to an aromatic ring is 1. The fraction of sp³-hybridized carbons (Fsp3) is 0.462. The Morgan fingerprint density at radius 3 is 2.65 bits per heavy atom. The van der Waals surface area contributed by atoms with Crippen molar-refractivity contribution in [2.45, 2.75) is 20.8 Å². The topological polar surface area (TPSA) is 58.4 Å². The van der Waals surface area contributed by atoms with Crippen LogP contribution in [0, 0.1) is 6.92 Å². The number of nitrogens with two attached hydrogens (primary N) is 1. The van der Waals surface area contributed by atoms with Gasteiger partial charge in [-0.3, -0.25) is 4.79 Å². The molecule has 1 aromatic rings. The van der Waals surface area contributed by atoms with Crippen molar-refractivity contribution < 1.29 is 4.79 Å². The number of amides is 1. The summed E-state index contributed by atoms with van der Waals surface area (Å²) in [6.07, 6.45) is 0. The Morgan fingerprint density at radius 2 is 2.12 bits per heavy atom. The van der Waals surface area contributed by atoms with Crippen LogP contribution in [-0.2, 0) is 4.79 Å². The number of para-hydroxylation sites is 1. The van der Waals surface area contributed by atoms with E-state index in [1.165, 1.54) is 0 Å². The van der Waals surface area contributed by atoms with Crippen LogP contribution in [0.1, 0.15) is 19.4 Å². The predicted octanol–water partition coefficient (Wildman–Crippen LogP) is 1.54. The Balaban J connectivity index is 2.90. The molecule has 0 aromatic heterocycles. The van der Waals surface area contributed by atoms with Gasteiger partial charge < -0.3 is 16.0 Å². The highest BCUT2D eigenvalue weighted by Gasteiger charge is 2.13. The van der Waals surface area contributed by atoms with E-state index in [2.05, 4.69) is 5.32 Å². The van der Waals surface area contributed by atoms with E-state index in [9.17, 15) is 4.79 Å². The van der Waals surface area contributed by atoms with Crippen LogP contribution >= 0.6 is 0 Å². The maximum absolute atomic E-state index is 11.6. The molecule has 0 aliphatic rings. The smallest absolute Gasteiger partial charge is 0.239 e. The van der Waals surface area contributed by atoms with Gasteiger partial charge in [0.05, 0.1) is 17.9 Å². The van der Waals surface area contributed by atoms with Crippen LogP contribution in [0.15, 0.2) is 18.2 Å². The zero-order chi connectivity index (χ0) is 12.8. The minimum Gasteiger partial charge on any atom is -0.397 e. The molecule has 0 spiro atoms. The number of hydrogen-bond acceptors (Lipinski definition) is 3. The van der Waals surface area contributed by atoms with Gasteiger partial charge in [-0.1, -0.05) is 12.1 Å². The molecule has 0 aliphatic carbocycles.